The molecular formula is C9H16N2. The van der Waals surface area contributed by atoms with Crippen LogP contribution in [0.15, 0.2) is 12.3 Å². The Morgan fingerprint density at radius 1 is 1.36 bits per heavy atom. The largest absolute Gasteiger partial charge is 0.375 e. The van der Waals surface area contributed by atoms with Gasteiger partial charge in [-0.1, -0.05) is 6.08 Å². The molecule has 2 heterocycles. The second-order valence-corrected chi connectivity index (χ2v) is 3.41. The molecule has 0 bridgehead atoms. The van der Waals surface area contributed by atoms with E-state index in [1.807, 2.05) is 0 Å². The summed E-state index contributed by atoms with van der Waals surface area (Å²) in [6.07, 6.45) is 8.60. The predicted octanol–water partition coefficient (Wildman–Crippen LogP) is 0.958. The molecule has 1 unspecified atom stereocenters. The summed E-state index contributed by atoms with van der Waals surface area (Å²) in [6, 6.07) is 0.832. The van der Waals surface area contributed by atoms with E-state index in [4.69, 9.17) is 0 Å². The second-order valence-electron chi connectivity index (χ2n) is 3.41. The van der Waals surface area contributed by atoms with E-state index in [9.17, 15) is 0 Å². The Morgan fingerprint density at radius 2 is 2.36 bits per heavy atom. The minimum Gasteiger partial charge on any atom is -0.375 e. The van der Waals surface area contributed by atoms with Crippen molar-refractivity contribution in [3.05, 3.63) is 12.3 Å². The molecule has 0 aliphatic carbocycles. The van der Waals surface area contributed by atoms with Gasteiger partial charge in [0.05, 0.1) is 0 Å². The fourth-order valence-corrected chi connectivity index (χ4v) is 2.01. The van der Waals surface area contributed by atoms with Crippen molar-refractivity contribution < 1.29 is 0 Å². The molecule has 0 radical (unpaired) electrons. The molecule has 62 valence electrons. The van der Waals surface area contributed by atoms with Gasteiger partial charge in [-0.3, -0.25) is 0 Å². The highest BCUT2D eigenvalue weighted by atomic mass is 15.2. The first-order chi connectivity index (χ1) is 5.47. The maximum absolute atomic E-state index is 3.39. The van der Waals surface area contributed by atoms with E-state index in [1.165, 1.54) is 32.4 Å². The van der Waals surface area contributed by atoms with Gasteiger partial charge in [-0.2, -0.15) is 0 Å². The van der Waals surface area contributed by atoms with Gasteiger partial charge in [-0.25, -0.2) is 0 Å². The zero-order valence-corrected chi connectivity index (χ0v) is 6.92. The smallest absolute Gasteiger partial charge is 0.0297 e. The molecule has 0 spiro atoms. The molecule has 1 N–H and O–H groups in total. The molecule has 11 heavy (non-hydrogen) atoms. The Kier molecular flexibility index (Phi) is 2.13. The number of nitrogens with one attached hydrogen (secondary N) is 1. The summed E-state index contributed by atoms with van der Waals surface area (Å²) >= 11 is 0. The van der Waals surface area contributed by atoms with Crippen LogP contribution in [0, 0.1) is 0 Å². The van der Waals surface area contributed by atoms with Gasteiger partial charge in [0, 0.05) is 19.1 Å². The van der Waals surface area contributed by atoms with E-state index in [0.717, 1.165) is 12.6 Å². The van der Waals surface area contributed by atoms with E-state index >= 15 is 0 Å². The lowest BCUT2D eigenvalue weighted by atomic mass is 10.1. The van der Waals surface area contributed by atoms with E-state index in [1.54, 1.807) is 0 Å². The van der Waals surface area contributed by atoms with Crippen LogP contribution in [-0.2, 0) is 0 Å². The number of hydrogen-bond acceptors (Lipinski definition) is 2. The Hall–Kier alpha value is -0.500. The van der Waals surface area contributed by atoms with Gasteiger partial charge in [0.25, 0.3) is 0 Å². The lowest BCUT2D eigenvalue weighted by molar-refractivity contribution is 0.323. The van der Waals surface area contributed by atoms with Crippen molar-refractivity contribution in [2.75, 3.05) is 19.6 Å². The Labute approximate surface area is 68.3 Å². The number of fused-ring (bicyclic) bond motifs is 1. The first-order valence-corrected chi connectivity index (χ1v) is 4.60. The van der Waals surface area contributed by atoms with Gasteiger partial charge in [0.1, 0.15) is 0 Å². The monoisotopic (exact) mass is 152 g/mol. The molecule has 1 saturated heterocycles. The minimum absolute atomic E-state index is 0.832. The summed E-state index contributed by atoms with van der Waals surface area (Å²) in [5.74, 6) is 0. The summed E-state index contributed by atoms with van der Waals surface area (Å²) in [5.41, 5.74) is 0. The summed E-state index contributed by atoms with van der Waals surface area (Å²) in [7, 11) is 0. The quantitative estimate of drug-likeness (QED) is 0.556. The van der Waals surface area contributed by atoms with Crippen molar-refractivity contribution in [1.29, 1.82) is 0 Å². The van der Waals surface area contributed by atoms with Crippen molar-refractivity contribution in [2.24, 2.45) is 0 Å². The number of rotatable bonds is 0. The van der Waals surface area contributed by atoms with Crippen LogP contribution in [0.1, 0.15) is 19.3 Å². The van der Waals surface area contributed by atoms with Crippen LogP contribution in [0.3, 0.4) is 0 Å². The molecule has 1 fully saturated rings. The van der Waals surface area contributed by atoms with Gasteiger partial charge in [0.2, 0.25) is 0 Å². The molecule has 0 aromatic rings. The van der Waals surface area contributed by atoms with E-state index in [2.05, 4.69) is 22.5 Å². The molecule has 2 heteroatoms. The molecule has 2 aliphatic rings. The van der Waals surface area contributed by atoms with Gasteiger partial charge in [0.15, 0.2) is 0 Å². The third-order valence-corrected chi connectivity index (χ3v) is 2.64. The van der Waals surface area contributed by atoms with Gasteiger partial charge >= 0.3 is 0 Å². The fourth-order valence-electron chi connectivity index (χ4n) is 2.01. The van der Waals surface area contributed by atoms with Gasteiger partial charge in [-0.05, 0) is 32.0 Å². The van der Waals surface area contributed by atoms with Crippen LogP contribution in [0.2, 0.25) is 0 Å². The zero-order chi connectivity index (χ0) is 7.52. The van der Waals surface area contributed by atoms with Crippen molar-refractivity contribution in [2.45, 2.75) is 25.3 Å². The molecule has 0 saturated carbocycles. The average molecular weight is 152 g/mol. The highest BCUT2D eigenvalue weighted by Gasteiger charge is 2.21. The number of nitrogens with zero attached hydrogens (tertiary/aromatic N) is 1. The predicted molar refractivity (Wildman–Crippen MR) is 46.4 cm³/mol. The molecule has 2 nitrogen and oxygen atoms in total. The zero-order valence-electron chi connectivity index (χ0n) is 6.92. The van der Waals surface area contributed by atoms with E-state index in [-0.39, 0.29) is 0 Å². The third-order valence-electron chi connectivity index (χ3n) is 2.64. The Bertz CT molecular complexity index is 154. The van der Waals surface area contributed by atoms with Crippen LogP contribution < -0.4 is 5.32 Å². The average Bonchev–Trinajstić information content (AvgIpc) is 2.35. The summed E-state index contributed by atoms with van der Waals surface area (Å²) in [5, 5.41) is 3.39. The lowest BCUT2D eigenvalue weighted by Gasteiger charge is -2.24. The lowest BCUT2D eigenvalue weighted by Crippen LogP contribution is -2.31. The van der Waals surface area contributed by atoms with Crippen molar-refractivity contribution in [3.8, 4) is 0 Å². The minimum atomic E-state index is 0.832. The topological polar surface area (TPSA) is 15.3 Å². The van der Waals surface area contributed by atoms with Crippen LogP contribution in [0.25, 0.3) is 0 Å². The molecule has 0 amide bonds. The second kappa shape index (κ2) is 3.26. The highest BCUT2D eigenvalue weighted by Crippen LogP contribution is 2.20. The van der Waals surface area contributed by atoms with Gasteiger partial charge < -0.3 is 10.2 Å². The fraction of sp³-hybridized carbons (Fsp3) is 0.778. The normalized spacial score (nSPS) is 31.3. The SMILES string of the molecule is C1=CN2CCCC2CCNC1. The maximum Gasteiger partial charge on any atom is 0.0297 e. The van der Waals surface area contributed by atoms with Crippen molar-refractivity contribution in [1.82, 2.24) is 10.2 Å². The Balaban J connectivity index is 2.01. The first kappa shape index (κ1) is 7.17. The molecule has 1 atom stereocenters. The van der Waals surface area contributed by atoms with Crippen molar-refractivity contribution >= 4 is 0 Å². The standard InChI is InChI=1S/C9H16N2/c1-3-9-4-6-10-5-2-8-11(9)7-1/h2,8-10H,1,3-7H2. The van der Waals surface area contributed by atoms with Crippen molar-refractivity contribution in [3.63, 3.8) is 0 Å². The Morgan fingerprint density at radius 3 is 3.36 bits per heavy atom. The maximum atomic E-state index is 3.39. The number of hydrogen-bond donors (Lipinski definition) is 1. The van der Waals surface area contributed by atoms with Gasteiger partial charge in [-0.15, -0.1) is 0 Å². The summed E-state index contributed by atoms with van der Waals surface area (Å²) in [4.78, 5) is 2.50. The summed E-state index contributed by atoms with van der Waals surface area (Å²) < 4.78 is 0. The van der Waals surface area contributed by atoms with Crippen LogP contribution >= 0.6 is 0 Å². The molecular weight excluding hydrogens is 136 g/mol. The molecule has 2 rings (SSSR count). The highest BCUT2D eigenvalue weighted by molar-refractivity contribution is 4.93. The van der Waals surface area contributed by atoms with E-state index < -0.39 is 0 Å². The van der Waals surface area contributed by atoms with Crippen LogP contribution in [0.4, 0.5) is 0 Å². The first-order valence-electron chi connectivity index (χ1n) is 4.60. The van der Waals surface area contributed by atoms with Crippen LogP contribution in [-0.4, -0.2) is 30.6 Å². The molecule has 2 aliphatic heterocycles. The third kappa shape index (κ3) is 1.56. The van der Waals surface area contributed by atoms with Crippen LogP contribution in [0.5, 0.6) is 0 Å². The molecule has 0 aromatic heterocycles. The molecule has 0 aromatic carbocycles. The van der Waals surface area contributed by atoms with E-state index in [0.29, 0.717) is 0 Å². The summed E-state index contributed by atoms with van der Waals surface area (Å²) in [6.45, 7) is 3.51.